The minimum Gasteiger partial charge on any atom is -0.497 e. The molecule has 0 saturated carbocycles. The van der Waals surface area contributed by atoms with Crippen LogP contribution >= 0.6 is 0 Å². The fraction of sp³-hybridized carbons (Fsp3) is 0.391. The van der Waals surface area contributed by atoms with E-state index in [9.17, 15) is 9.59 Å². The molecule has 0 N–H and O–H groups in total. The average molecular weight is 437 g/mol. The fourth-order valence-corrected chi connectivity index (χ4v) is 3.93. The third-order valence-electron chi connectivity index (χ3n) is 6.00. The van der Waals surface area contributed by atoms with E-state index in [1.54, 1.807) is 18.8 Å². The number of aryl methyl sites for hydroxylation is 3. The summed E-state index contributed by atoms with van der Waals surface area (Å²) in [7, 11) is 3.24. The highest BCUT2D eigenvalue weighted by Crippen LogP contribution is 2.20. The van der Waals surface area contributed by atoms with Gasteiger partial charge in [-0.2, -0.15) is 10.1 Å². The second-order valence-electron chi connectivity index (χ2n) is 8.02. The van der Waals surface area contributed by atoms with Crippen molar-refractivity contribution in [2.75, 3.05) is 7.11 Å². The number of aromatic nitrogens is 6. The number of hydrogen-bond acceptors (Lipinski definition) is 5. The van der Waals surface area contributed by atoms with Gasteiger partial charge >= 0.3 is 5.69 Å². The molecule has 1 aromatic carbocycles. The predicted molar refractivity (Wildman–Crippen MR) is 123 cm³/mol. The molecule has 32 heavy (non-hydrogen) atoms. The average Bonchev–Trinajstić information content (AvgIpc) is 3.28. The topological polar surface area (TPSA) is 88.9 Å². The van der Waals surface area contributed by atoms with Gasteiger partial charge in [0, 0.05) is 19.3 Å². The Morgan fingerprint density at radius 2 is 1.72 bits per heavy atom. The molecule has 0 atom stereocenters. The second-order valence-corrected chi connectivity index (χ2v) is 8.02. The number of methoxy groups -OCH3 is 1. The lowest BCUT2D eigenvalue weighted by Gasteiger charge is -2.11. The number of rotatable bonds is 6. The van der Waals surface area contributed by atoms with Gasteiger partial charge in [0.05, 0.1) is 19.3 Å². The predicted octanol–water partition coefficient (Wildman–Crippen LogP) is 2.47. The van der Waals surface area contributed by atoms with Gasteiger partial charge in [-0.05, 0) is 50.5 Å². The molecular formula is C23H28N6O3. The van der Waals surface area contributed by atoms with Gasteiger partial charge in [-0.3, -0.25) is 13.9 Å². The summed E-state index contributed by atoms with van der Waals surface area (Å²) >= 11 is 0. The number of hydrogen-bond donors (Lipinski definition) is 0. The smallest absolute Gasteiger partial charge is 0.332 e. The van der Waals surface area contributed by atoms with E-state index in [0.717, 1.165) is 34.7 Å². The summed E-state index contributed by atoms with van der Waals surface area (Å²) in [5.41, 5.74) is 3.77. The summed E-state index contributed by atoms with van der Waals surface area (Å²) in [6, 6.07) is 7.33. The molecule has 0 fully saturated rings. The van der Waals surface area contributed by atoms with Crippen LogP contribution in [0.15, 0.2) is 33.9 Å². The first kappa shape index (κ1) is 21.6. The van der Waals surface area contributed by atoms with E-state index < -0.39 is 5.69 Å². The van der Waals surface area contributed by atoms with Crippen LogP contribution in [0.25, 0.3) is 17.1 Å². The summed E-state index contributed by atoms with van der Waals surface area (Å²) in [6.45, 7) is 8.73. The molecule has 0 spiro atoms. The lowest BCUT2D eigenvalue weighted by molar-refractivity contribution is 0.414. The van der Waals surface area contributed by atoms with Crippen molar-refractivity contribution in [2.45, 2.75) is 47.2 Å². The summed E-state index contributed by atoms with van der Waals surface area (Å²) in [4.78, 5) is 31.4. The van der Waals surface area contributed by atoms with Crippen molar-refractivity contribution >= 4 is 11.2 Å². The maximum atomic E-state index is 13.6. The minimum atomic E-state index is -0.407. The first-order chi connectivity index (χ1) is 15.3. The molecule has 0 aliphatic heterocycles. The van der Waals surface area contributed by atoms with Crippen LogP contribution in [0.5, 0.6) is 5.75 Å². The van der Waals surface area contributed by atoms with Gasteiger partial charge < -0.3 is 9.30 Å². The quantitative estimate of drug-likeness (QED) is 0.463. The Hall–Kier alpha value is -3.62. The molecule has 168 valence electrons. The van der Waals surface area contributed by atoms with Crippen LogP contribution in [-0.2, 0) is 20.1 Å². The first-order valence-electron chi connectivity index (χ1n) is 10.6. The molecule has 0 aliphatic carbocycles. The van der Waals surface area contributed by atoms with Crippen LogP contribution in [-0.4, -0.2) is 35.6 Å². The van der Waals surface area contributed by atoms with Gasteiger partial charge in [-0.25, -0.2) is 9.48 Å². The number of benzene rings is 1. The Bertz CT molecular complexity index is 1420. The van der Waals surface area contributed by atoms with Gasteiger partial charge in [0.15, 0.2) is 11.2 Å². The largest absolute Gasteiger partial charge is 0.497 e. The van der Waals surface area contributed by atoms with E-state index in [1.807, 2.05) is 56.5 Å². The van der Waals surface area contributed by atoms with Crippen LogP contribution in [0.3, 0.4) is 0 Å². The zero-order chi connectivity index (χ0) is 23.2. The summed E-state index contributed by atoms with van der Waals surface area (Å²) in [5.74, 6) is 1.26. The van der Waals surface area contributed by atoms with Crippen LogP contribution in [0.2, 0.25) is 0 Å². The Balaban J connectivity index is 1.97. The highest BCUT2D eigenvalue weighted by Gasteiger charge is 2.23. The van der Waals surface area contributed by atoms with E-state index in [2.05, 4.69) is 5.10 Å². The lowest BCUT2D eigenvalue weighted by atomic mass is 10.2. The maximum Gasteiger partial charge on any atom is 0.332 e. The minimum absolute atomic E-state index is 0.164. The third kappa shape index (κ3) is 3.34. The van der Waals surface area contributed by atoms with Crippen LogP contribution in [0, 0.1) is 20.8 Å². The molecular weight excluding hydrogens is 408 g/mol. The zero-order valence-corrected chi connectivity index (χ0v) is 19.3. The molecule has 4 aromatic rings. The molecule has 0 saturated heterocycles. The Labute approximate surface area is 185 Å². The lowest BCUT2D eigenvalue weighted by Crippen LogP contribution is -2.40. The maximum absolute atomic E-state index is 13.6. The van der Waals surface area contributed by atoms with Gasteiger partial charge in [0.1, 0.15) is 5.75 Å². The van der Waals surface area contributed by atoms with Crippen LogP contribution in [0.4, 0.5) is 0 Å². The van der Waals surface area contributed by atoms with Crippen molar-refractivity contribution < 1.29 is 4.74 Å². The molecule has 0 bridgehead atoms. The molecule has 0 radical (unpaired) electrons. The normalized spacial score (nSPS) is 11.4. The van der Waals surface area contributed by atoms with Crippen molar-refractivity contribution in [3.05, 3.63) is 67.6 Å². The van der Waals surface area contributed by atoms with Gasteiger partial charge in [-0.15, -0.1) is 0 Å². The third-order valence-corrected chi connectivity index (χ3v) is 6.00. The van der Waals surface area contributed by atoms with Crippen molar-refractivity contribution in [1.82, 2.24) is 28.5 Å². The number of nitrogens with zero attached hydrogens (tertiary/aromatic N) is 6. The Kier molecular flexibility index (Phi) is 5.50. The summed E-state index contributed by atoms with van der Waals surface area (Å²) in [5, 5.41) is 4.63. The molecule has 9 nitrogen and oxygen atoms in total. The highest BCUT2D eigenvalue weighted by molar-refractivity contribution is 5.72. The number of ether oxygens (including phenoxy) is 1. The van der Waals surface area contributed by atoms with Gasteiger partial charge in [-0.1, -0.05) is 19.1 Å². The van der Waals surface area contributed by atoms with E-state index in [4.69, 9.17) is 9.72 Å². The summed E-state index contributed by atoms with van der Waals surface area (Å²) < 4.78 is 11.5. The monoisotopic (exact) mass is 436 g/mol. The Morgan fingerprint density at radius 3 is 2.28 bits per heavy atom. The van der Waals surface area contributed by atoms with E-state index in [-0.39, 0.29) is 12.1 Å². The van der Waals surface area contributed by atoms with Crippen molar-refractivity contribution in [1.29, 1.82) is 0 Å². The second kappa shape index (κ2) is 8.14. The zero-order valence-electron chi connectivity index (χ0n) is 19.3. The summed E-state index contributed by atoms with van der Waals surface area (Å²) in [6.07, 6.45) is 0.803. The number of fused-ring (bicyclic) bond motifs is 1. The number of imidazole rings is 1. The van der Waals surface area contributed by atoms with E-state index >= 15 is 0 Å². The molecule has 4 rings (SSSR count). The molecule has 0 amide bonds. The van der Waals surface area contributed by atoms with E-state index in [1.165, 1.54) is 9.13 Å². The standard InChI is InChI=1S/C23H28N6O3/c1-7-12-27-19-20(24-22(27)29-16(4)14(2)15(3)25-29)26(5)23(31)28(21(19)30)13-17-8-10-18(32-6)11-9-17/h8-11H,7,12-13H2,1-6H3. The van der Waals surface area contributed by atoms with Crippen molar-refractivity contribution in [3.63, 3.8) is 0 Å². The molecule has 0 unspecified atom stereocenters. The highest BCUT2D eigenvalue weighted by atomic mass is 16.5. The van der Waals surface area contributed by atoms with Crippen LogP contribution < -0.4 is 16.0 Å². The Morgan fingerprint density at radius 1 is 1.03 bits per heavy atom. The van der Waals surface area contributed by atoms with Crippen molar-refractivity contribution in [2.24, 2.45) is 7.05 Å². The van der Waals surface area contributed by atoms with Gasteiger partial charge in [0.25, 0.3) is 5.56 Å². The van der Waals surface area contributed by atoms with E-state index in [0.29, 0.717) is 23.7 Å². The first-order valence-corrected chi connectivity index (χ1v) is 10.6. The van der Waals surface area contributed by atoms with Crippen LogP contribution in [0.1, 0.15) is 35.9 Å². The molecule has 9 heteroatoms. The molecule has 3 heterocycles. The SMILES string of the molecule is CCCn1c(-n2nc(C)c(C)c2C)nc2c1c(=O)n(Cc1ccc(OC)cc1)c(=O)n2C. The molecule has 0 aliphatic rings. The van der Waals surface area contributed by atoms with Crippen molar-refractivity contribution in [3.8, 4) is 11.7 Å². The fourth-order valence-electron chi connectivity index (χ4n) is 3.93. The molecule has 3 aromatic heterocycles. The van der Waals surface area contributed by atoms with Gasteiger partial charge in [0.2, 0.25) is 5.95 Å².